The number of likely N-dealkylation sites (tertiary alicyclic amines) is 1. The molecule has 0 spiro atoms. The van der Waals surface area contributed by atoms with E-state index in [1.807, 2.05) is 19.2 Å². The molecule has 1 aromatic carbocycles. The lowest BCUT2D eigenvalue weighted by molar-refractivity contribution is 0.160. The summed E-state index contributed by atoms with van der Waals surface area (Å²) in [7, 11) is 1.85. The van der Waals surface area contributed by atoms with E-state index in [4.69, 9.17) is 0 Å². The van der Waals surface area contributed by atoms with Gasteiger partial charge in [-0.2, -0.15) is 5.10 Å². The molecule has 0 bridgehead atoms. The third kappa shape index (κ3) is 7.17. The Bertz CT molecular complexity index is 794. The Morgan fingerprint density at radius 1 is 1.16 bits per heavy atom. The van der Waals surface area contributed by atoms with Gasteiger partial charge in [0.25, 0.3) is 0 Å². The highest BCUT2D eigenvalue weighted by molar-refractivity contribution is 14.0. The van der Waals surface area contributed by atoms with Crippen molar-refractivity contribution in [3.63, 3.8) is 0 Å². The van der Waals surface area contributed by atoms with E-state index in [2.05, 4.69) is 47.8 Å². The van der Waals surface area contributed by atoms with Crippen LogP contribution in [-0.4, -0.2) is 58.8 Å². The van der Waals surface area contributed by atoms with Crippen molar-refractivity contribution in [1.29, 1.82) is 0 Å². The molecule has 0 amide bonds. The number of aliphatic imine (C=N–C) groups is 1. The van der Waals surface area contributed by atoms with Crippen molar-refractivity contribution in [1.82, 2.24) is 30.7 Å². The second kappa shape index (κ2) is 12.4. The average molecular weight is 537 g/mol. The number of rotatable bonds is 6. The maximum absolute atomic E-state index is 4.43. The van der Waals surface area contributed by atoms with Crippen LogP contribution in [0.3, 0.4) is 0 Å². The highest BCUT2D eigenvalue weighted by Gasteiger charge is 2.23. The number of aromatic nitrogens is 3. The zero-order valence-electron chi connectivity index (χ0n) is 18.5. The second-order valence-electron chi connectivity index (χ2n) is 8.68. The predicted molar refractivity (Wildman–Crippen MR) is 137 cm³/mol. The van der Waals surface area contributed by atoms with Gasteiger partial charge in [-0.1, -0.05) is 37.5 Å². The van der Waals surface area contributed by atoms with E-state index >= 15 is 0 Å². The summed E-state index contributed by atoms with van der Waals surface area (Å²) in [5, 5.41) is 13.9. The fraction of sp³-hybridized carbons (Fsp3) is 0.609. The molecule has 170 valence electrons. The quantitative estimate of drug-likeness (QED) is 0.297. The van der Waals surface area contributed by atoms with Crippen molar-refractivity contribution in [2.75, 3.05) is 26.7 Å². The van der Waals surface area contributed by atoms with Gasteiger partial charge in [0.2, 0.25) is 0 Å². The minimum atomic E-state index is 0. The minimum Gasteiger partial charge on any atom is -0.354 e. The van der Waals surface area contributed by atoms with Crippen molar-refractivity contribution < 1.29 is 0 Å². The summed E-state index contributed by atoms with van der Waals surface area (Å²) in [5.41, 5.74) is 2.23. The molecule has 1 saturated carbocycles. The minimum absolute atomic E-state index is 0. The summed E-state index contributed by atoms with van der Waals surface area (Å²) in [6.07, 6.45) is 11.1. The molecule has 8 heteroatoms. The maximum Gasteiger partial charge on any atom is 0.191 e. The number of nitrogens with one attached hydrogen (secondary N) is 3. The van der Waals surface area contributed by atoms with E-state index in [1.165, 1.54) is 76.5 Å². The molecule has 1 aromatic heterocycles. The summed E-state index contributed by atoms with van der Waals surface area (Å²) in [6, 6.07) is 8.83. The topological polar surface area (TPSA) is 81.2 Å². The van der Waals surface area contributed by atoms with Gasteiger partial charge in [0.1, 0.15) is 6.33 Å². The molecule has 0 unspecified atom stereocenters. The first-order valence-electron chi connectivity index (χ1n) is 11.4. The number of hydrogen-bond acceptors (Lipinski definition) is 4. The first-order chi connectivity index (χ1) is 14.8. The van der Waals surface area contributed by atoms with Crippen molar-refractivity contribution in [2.45, 2.75) is 57.5 Å². The highest BCUT2D eigenvalue weighted by Crippen LogP contribution is 2.25. The number of halogens is 1. The molecule has 4 rings (SSSR count). The summed E-state index contributed by atoms with van der Waals surface area (Å²) < 4.78 is 0. The lowest BCUT2D eigenvalue weighted by atomic mass is 9.88. The maximum atomic E-state index is 4.43. The van der Waals surface area contributed by atoms with Gasteiger partial charge < -0.3 is 15.5 Å². The van der Waals surface area contributed by atoms with Gasteiger partial charge in [-0.3, -0.25) is 10.1 Å². The molecule has 31 heavy (non-hydrogen) atoms. The van der Waals surface area contributed by atoms with Crippen LogP contribution < -0.4 is 10.6 Å². The molecule has 1 aliphatic carbocycles. The predicted octanol–water partition coefficient (Wildman–Crippen LogP) is 3.80. The van der Waals surface area contributed by atoms with Crippen LogP contribution in [0, 0.1) is 5.92 Å². The normalized spacial score (nSPS) is 19.1. The van der Waals surface area contributed by atoms with Gasteiger partial charge in [-0.15, -0.1) is 24.0 Å². The first-order valence-corrected chi connectivity index (χ1v) is 11.4. The summed E-state index contributed by atoms with van der Waals surface area (Å²) in [6.45, 7) is 4.43. The molecule has 0 radical (unpaired) electrons. The van der Waals surface area contributed by atoms with Crippen LogP contribution >= 0.6 is 24.0 Å². The van der Waals surface area contributed by atoms with E-state index in [0.29, 0.717) is 6.04 Å². The van der Waals surface area contributed by atoms with Gasteiger partial charge in [0, 0.05) is 44.8 Å². The molecular formula is C23H36IN7. The zero-order valence-corrected chi connectivity index (χ0v) is 20.8. The third-order valence-electron chi connectivity index (χ3n) is 6.47. The fourth-order valence-corrected chi connectivity index (χ4v) is 4.74. The molecule has 2 heterocycles. The van der Waals surface area contributed by atoms with Crippen LogP contribution in [0.4, 0.5) is 0 Å². The van der Waals surface area contributed by atoms with Gasteiger partial charge in [0.15, 0.2) is 11.8 Å². The van der Waals surface area contributed by atoms with Crippen molar-refractivity contribution in [3.8, 4) is 11.4 Å². The fourth-order valence-electron chi connectivity index (χ4n) is 4.74. The Kier molecular flexibility index (Phi) is 9.57. The molecule has 0 atom stereocenters. The van der Waals surface area contributed by atoms with Crippen LogP contribution in [0.2, 0.25) is 0 Å². The molecule has 7 nitrogen and oxygen atoms in total. The number of nitrogens with zero attached hydrogens (tertiary/aromatic N) is 4. The van der Waals surface area contributed by atoms with Crippen molar-refractivity contribution >= 4 is 29.9 Å². The summed E-state index contributed by atoms with van der Waals surface area (Å²) >= 11 is 0. The Hall–Kier alpha value is -1.68. The lowest BCUT2D eigenvalue weighted by Crippen LogP contribution is -2.49. The monoisotopic (exact) mass is 537 g/mol. The third-order valence-corrected chi connectivity index (χ3v) is 6.47. The number of piperidine rings is 1. The largest absolute Gasteiger partial charge is 0.354 e. The lowest BCUT2D eigenvalue weighted by Gasteiger charge is -2.36. The zero-order chi connectivity index (χ0) is 20.6. The van der Waals surface area contributed by atoms with E-state index in [1.54, 1.807) is 0 Å². The smallest absolute Gasteiger partial charge is 0.191 e. The number of aromatic amines is 1. The van der Waals surface area contributed by atoms with Crippen molar-refractivity contribution in [2.24, 2.45) is 10.9 Å². The van der Waals surface area contributed by atoms with Gasteiger partial charge in [0.05, 0.1) is 0 Å². The Balaban J connectivity index is 0.00000272. The first kappa shape index (κ1) is 24.0. The Labute approximate surface area is 202 Å². The molecule has 1 saturated heterocycles. The molecule has 2 aromatic rings. The van der Waals surface area contributed by atoms with Gasteiger partial charge in [-0.05, 0) is 43.2 Å². The molecular weight excluding hydrogens is 501 g/mol. The van der Waals surface area contributed by atoms with Crippen LogP contribution in [0.5, 0.6) is 0 Å². The van der Waals surface area contributed by atoms with Gasteiger partial charge >= 0.3 is 0 Å². The average Bonchev–Trinajstić information content (AvgIpc) is 3.34. The van der Waals surface area contributed by atoms with E-state index in [-0.39, 0.29) is 24.0 Å². The second-order valence-corrected chi connectivity index (χ2v) is 8.68. The Morgan fingerprint density at radius 3 is 2.68 bits per heavy atom. The molecule has 2 aliphatic rings. The van der Waals surface area contributed by atoms with Gasteiger partial charge in [-0.25, -0.2) is 4.98 Å². The number of H-pyrrole nitrogens is 1. The number of guanidine groups is 1. The molecule has 1 aliphatic heterocycles. The summed E-state index contributed by atoms with van der Waals surface area (Å²) in [5.74, 6) is 2.61. The molecule has 2 fully saturated rings. The summed E-state index contributed by atoms with van der Waals surface area (Å²) in [4.78, 5) is 11.3. The van der Waals surface area contributed by atoms with Crippen LogP contribution in [0.15, 0.2) is 35.6 Å². The van der Waals surface area contributed by atoms with Crippen LogP contribution in [0.1, 0.15) is 50.5 Å². The van der Waals surface area contributed by atoms with E-state index < -0.39 is 0 Å². The van der Waals surface area contributed by atoms with Crippen LogP contribution in [-0.2, 0) is 6.54 Å². The van der Waals surface area contributed by atoms with Crippen molar-refractivity contribution in [3.05, 3.63) is 36.2 Å². The Morgan fingerprint density at radius 2 is 1.97 bits per heavy atom. The number of hydrogen-bond donors (Lipinski definition) is 3. The number of benzene rings is 1. The van der Waals surface area contributed by atoms with E-state index in [9.17, 15) is 0 Å². The highest BCUT2D eigenvalue weighted by atomic mass is 127. The van der Waals surface area contributed by atoms with Crippen LogP contribution in [0.25, 0.3) is 11.4 Å². The SMILES string of the molecule is CN=C(NCc1cccc(-c2ncn[nH]2)c1)NC1CCN(CC2CCCCC2)CC1.I. The molecule has 3 N–H and O–H groups in total. The standard InChI is InChI=1S/C23H35N7.HI/c1-24-23(25-15-19-8-5-9-20(14-19)22-26-17-27-29-22)28-21-10-12-30(13-11-21)16-18-6-3-2-4-7-18;/h5,8-9,14,17-18,21H,2-4,6-7,10-13,15-16H2,1H3,(H2,24,25,28)(H,26,27,29);1H. The van der Waals surface area contributed by atoms with E-state index in [0.717, 1.165) is 29.8 Å².